The highest BCUT2D eigenvalue weighted by Gasteiger charge is 2.17. The Kier molecular flexibility index (Phi) is 6.46. The summed E-state index contributed by atoms with van der Waals surface area (Å²) >= 11 is 0. The quantitative estimate of drug-likeness (QED) is 0.380. The number of nitrogens with one attached hydrogen (secondary N) is 2. The Labute approximate surface area is 197 Å². The molecule has 1 saturated heterocycles. The molecule has 2 aromatic carbocycles. The van der Waals surface area contributed by atoms with Crippen LogP contribution in [-0.4, -0.2) is 66.3 Å². The van der Waals surface area contributed by atoms with Crippen molar-refractivity contribution in [2.45, 2.75) is 13.3 Å². The van der Waals surface area contributed by atoms with Gasteiger partial charge in [-0.25, -0.2) is 14.4 Å². The van der Waals surface area contributed by atoms with E-state index in [0.717, 1.165) is 50.4 Å². The van der Waals surface area contributed by atoms with E-state index in [1.54, 1.807) is 37.4 Å². The summed E-state index contributed by atoms with van der Waals surface area (Å²) < 4.78 is 32.6. The third-order valence-electron chi connectivity index (χ3n) is 6.01. The highest BCUT2D eigenvalue weighted by Crippen LogP contribution is 2.37. The van der Waals surface area contributed by atoms with E-state index in [1.807, 2.05) is 6.92 Å². The second-order valence-electron chi connectivity index (χ2n) is 8.39. The van der Waals surface area contributed by atoms with Crippen molar-refractivity contribution in [2.24, 2.45) is 0 Å². The Balaban J connectivity index is 1.38. The largest absolute Gasteiger partial charge is 0.493 e. The van der Waals surface area contributed by atoms with E-state index in [4.69, 9.17) is 14.2 Å². The lowest BCUT2D eigenvalue weighted by Gasteiger charge is -2.27. The third-order valence-corrected chi connectivity index (χ3v) is 6.01. The lowest BCUT2D eigenvalue weighted by Crippen LogP contribution is -2.43. The van der Waals surface area contributed by atoms with Crippen LogP contribution in [0.5, 0.6) is 23.1 Å². The summed E-state index contributed by atoms with van der Waals surface area (Å²) in [5.74, 6) is 1.07. The van der Waals surface area contributed by atoms with Crippen LogP contribution in [0.1, 0.15) is 12.1 Å². The molecule has 0 spiro atoms. The highest BCUT2D eigenvalue weighted by atomic mass is 19.1. The first-order valence-corrected chi connectivity index (χ1v) is 11.5. The lowest BCUT2D eigenvalue weighted by atomic mass is 10.2. The van der Waals surface area contributed by atoms with E-state index in [2.05, 4.69) is 25.2 Å². The zero-order chi connectivity index (χ0) is 23.5. The molecule has 1 aliphatic rings. The Hall–Kier alpha value is -3.43. The topological polar surface area (TPSA) is 84.5 Å². The minimum atomic E-state index is -0.438. The number of piperazine rings is 1. The fourth-order valence-corrected chi connectivity index (χ4v) is 4.27. The molecular formula is C25H28FN5O3. The molecule has 0 atom stereocenters. The van der Waals surface area contributed by atoms with Gasteiger partial charge in [0.25, 0.3) is 0 Å². The molecular weight excluding hydrogens is 437 g/mol. The first-order valence-electron chi connectivity index (χ1n) is 11.5. The molecule has 178 valence electrons. The van der Waals surface area contributed by atoms with E-state index < -0.39 is 5.82 Å². The number of fused-ring (bicyclic) bond motifs is 2. The molecule has 1 fully saturated rings. The van der Waals surface area contributed by atoms with Crippen LogP contribution in [0.2, 0.25) is 0 Å². The van der Waals surface area contributed by atoms with Gasteiger partial charge in [-0.15, -0.1) is 0 Å². The minimum Gasteiger partial charge on any atom is -0.493 e. The van der Waals surface area contributed by atoms with Gasteiger partial charge in [0.2, 0.25) is 5.88 Å². The number of H-pyrrole nitrogens is 1. The third kappa shape index (κ3) is 4.62. The number of hydrogen-bond acceptors (Lipinski definition) is 7. The van der Waals surface area contributed by atoms with Crippen molar-refractivity contribution in [2.75, 3.05) is 46.4 Å². The van der Waals surface area contributed by atoms with Crippen molar-refractivity contribution in [3.05, 3.63) is 48.2 Å². The summed E-state index contributed by atoms with van der Waals surface area (Å²) in [7, 11) is 1.59. The number of benzene rings is 2. The molecule has 2 N–H and O–H groups in total. The van der Waals surface area contributed by atoms with Crippen molar-refractivity contribution >= 4 is 21.8 Å². The maximum atomic E-state index is 15.1. The van der Waals surface area contributed by atoms with Crippen LogP contribution < -0.4 is 19.5 Å². The van der Waals surface area contributed by atoms with Crippen LogP contribution in [-0.2, 0) is 0 Å². The van der Waals surface area contributed by atoms with Gasteiger partial charge in [0.15, 0.2) is 23.1 Å². The number of hydrogen-bond donors (Lipinski definition) is 2. The van der Waals surface area contributed by atoms with Crippen LogP contribution in [0.3, 0.4) is 0 Å². The second-order valence-corrected chi connectivity index (χ2v) is 8.39. The van der Waals surface area contributed by atoms with Gasteiger partial charge in [-0.05, 0) is 37.6 Å². The van der Waals surface area contributed by atoms with Crippen LogP contribution >= 0.6 is 0 Å². The summed E-state index contributed by atoms with van der Waals surface area (Å²) in [6.45, 7) is 7.59. The van der Waals surface area contributed by atoms with Crippen molar-refractivity contribution < 1.29 is 18.6 Å². The van der Waals surface area contributed by atoms with Crippen molar-refractivity contribution in [1.29, 1.82) is 0 Å². The molecule has 9 heteroatoms. The Bertz CT molecular complexity index is 1300. The average Bonchev–Trinajstić information content (AvgIpc) is 3.25. The van der Waals surface area contributed by atoms with Crippen molar-refractivity contribution in [3.63, 3.8) is 0 Å². The number of rotatable bonds is 8. The van der Waals surface area contributed by atoms with Crippen LogP contribution in [0.15, 0.2) is 36.7 Å². The number of aromatic nitrogens is 3. The highest BCUT2D eigenvalue weighted by molar-refractivity contribution is 5.87. The van der Waals surface area contributed by atoms with E-state index in [0.29, 0.717) is 34.4 Å². The minimum absolute atomic E-state index is 0.0980. The number of aromatic amines is 1. The fourth-order valence-electron chi connectivity index (χ4n) is 4.27. The predicted molar refractivity (Wildman–Crippen MR) is 129 cm³/mol. The standard InChI is InChI=1S/C25H28FN5O3/c1-16-12-17-19(30-16)4-5-21(24(17)26)34-25-18-13-23(22(32-2)14-20(18)28-15-29-25)33-11-3-8-31-9-6-27-7-10-31/h4-5,12-15,27,30H,3,6-11H2,1-2H3. The predicted octanol–water partition coefficient (Wildman–Crippen LogP) is 4.03. The monoisotopic (exact) mass is 465 g/mol. The smallest absolute Gasteiger partial charge is 0.230 e. The van der Waals surface area contributed by atoms with Crippen molar-refractivity contribution in [3.8, 4) is 23.1 Å². The number of methoxy groups -OCH3 is 1. The van der Waals surface area contributed by atoms with Gasteiger partial charge in [0.1, 0.15) is 6.33 Å². The van der Waals surface area contributed by atoms with Gasteiger partial charge >= 0.3 is 0 Å². The zero-order valence-corrected chi connectivity index (χ0v) is 19.4. The van der Waals surface area contributed by atoms with Gasteiger partial charge in [0.05, 0.1) is 24.6 Å². The number of nitrogens with zero attached hydrogens (tertiary/aromatic N) is 3. The van der Waals surface area contributed by atoms with E-state index in [-0.39, 0.29) is 11.6 Å². The SMILES string of the molecule is COc1cc2ncnc(Oc3ccc4[nH]c(C)cc4c3F)c2cc1OCCCN1CCNCC1. The molecule has 0 bridgehead atoms. The fraction of sp³-hybridized carbons (Fsp3) is 0.360. The van der Waals surface area contributed by atoms with E-state index in [1.165, 1.54) is 6.33 Å². The molecule has 0 aliphatic carbocycles. The first kappa shape index (κ1) is 22.4. The van der Waals surface area contributed by atoms with Gasteiger partial charge in [-0.1, -0.05) is 0 Å². The Morgan fingerprint density at radius 3 is 2.71 bits per heavy atom. The van der Waals surface area contributed by atoms with E-state index in [9.17, 15) is 0 Å². The summed E-state index contributed by atoms with van der Waals surface area (Å²) in [6, 6.07) is 8.72. The summed E-state index contributed by atoms with van der Waals surface area (Å²) in [5.41, 5.74) is 2.22. The van der Waals surface area contributed by atoms with Crippen LogP contribution in [0.25, 0.3) is 21.8 Å². The molecule has 8 nitrogen and oxygen atoms in total. The zero-order valence-electron chi connectivity index (χ0n) is 19.4. The molecule has 1 aliphatic heterocycles. The molecule has 34 heavy (non-hydrogen) atoms. The summed E-state index contributed by atoms with van der Waals surface area (Å²) in [4.78, 5) is 14.1. The summed E-state index contributed by atoms with van der Waals surface area (Å²) in [6.07, 6.45) is 2.29. The normalized spacial score (nSPS) is 14.6. The molecule has 5 rings (SSSR count). The first-order chi connectivity index (χ1) is 16.6. The summed E-state index contributed by atoms with van der Waals surface area (Å²) in [5, 5.41) is 4.45. The molecule has 3 heterocycles. The molecule has 0 saturated carbocycles. The molecule has 2 aromatic heterocycles. The van der Waals surface area contributed by atoms with E-state index >= 15 is 4.39 Å². The molecule has 4 aromatic rings. The maximum absolute atomic E-state index is 15.1. The number of aryl methyl sites for hydroxylation is 1. The average molecular weight is 466 g/mol. The second kappa shape index (κ2) is 9.82. The number of halogens is 1. The maximum Gasteiger partial charge on any atom is 0.230 e. The molecule has 0 unspecified atom stereocenters. The van der Waals surface area contributed by atoms with Gasteiger partial charge in [-0.3, -0.25) is 0 Å². The van der Waals surface area contributed by atoms with Gasteiger partial charge in [-0.2, -0.15) is 0 Å². The van der Waals surface area contributed by atoms with Crippen LogP contribution in [0.4, 0.5) is 4.39 Å². The lowest BCUT2D eigenvalue weighted by molar-refractivity contribution is 0.211. The molecule has 0 amide bonds. The van der Waals surface area contributed by atoms with Crippen molar-refractivity contribution in [1.82, 2.24) is 25.2 Å². The van der Waals surface area contributed by atoms with Crippen LogP contribution in [0, 0.1) is 12.7 Å². The van der Waals surface area contributed by atoms with Gasteiger partial charge in [0, 0.05) is 55.4 Å². The van der Waals surface area contributed by atoms with Gasteiger partial charge < -0.3 is 29.4 Å². The number of ether oxygens (including phenoxy) is 3. The Morgan fingerprint density at radius 2 is 1.88 bits per heavy atom. The Morgan fingerprint density at radius 1 is 1.03 bits per heavy atom. The molecule has 0 radical (unpaired) electrons.